The third-order valence-electron chi connectivity index (χ3n) is 4.25. The molecule has 0 aliphatic carbocycles. The summed E-state index contributed by atoms with van der Waals surface area (Å²) in [5, 5.41) is 3.19. The molecule has 6 nitrogen and oxygen atoms in total. The summed E-state index contributed by atoms with van der Waals surface area (Å²) in [6, 6.07) is 19.7. The lowest BCUT2D eigenvalue weighted by Gasteiger charge is -2.10. The van der Waals surface area contributed by atoms with Gasteiger partial charge in [-0.15, -0.1) is 0 Å². The molecule has 156 valence electrons. The Morgan fingerprint density at radius 2 is 1.50 bits per heavy atom. The molecule has 0 spiro atoms. The minimum atomic E-state index is -3.75. The molecule has 30 heavy (non-hydrogen) atoms. The van der Waals surface area contributed by atoms with Crippen LogP contribution in [-0.2, 0) is 21.2 Å². The predicted octanol–water partition coefficient (Wildman–Crippen LogP) is 4.72. The second-order valence-corrected chi connectivity index (χ2v) is 8.59. The predicted molar refractivity (Wildman–Crippen MR) is 119 cm³/mol. The van der Waals surface area contributed by atoms with Crippen LogP contribution in [0.5, 0.6) is 5.75 Å². The number of anilines is 2. The Labute approximate surface area is 180 Å². The summed E-state index contributed by atoms with van der Waals surface area (Å²) < 4.78 is 32.9. The largest absolute Gasteiger partial charge is 0.484 e. The zero-order valence-corrected chi connectivity index (χ0v) is 17.8. The lowest BCUT2D eigenvalue weighted by atomic mass is 10.2. The average Bonchev–Trinajstić information content (AvgIpc) is 2.74. The first-order valence-electron chi connectivity index (χ1n) is 9.26. The summed E-state index contributed by atoms with van der Waals surface area (Å²) in [6.07, 6.45) is 0.932. The van der Waals surface area contributed by atoms with E-state index in [0.717, 1.165) is 6.42 Å². The van der Waals surface area contributed by atoms with E-state index in [4.69, 9.17) is 16.3 Å². The second-order valence-electron chi connectivity index (χ2n) is 6.47. The molecule has 0 bridgehead atoms. The SMILES string of the molecule is CCc1ccc(OCC(=O)Nc2ccc(S(=O)(=O)Nc3ccc(Cl)cc3)cc2)cc1. The molecule has 0 fully saturated rings. The molecular formula is C22H21ClN2O4S. The number of hydrogen-bond donors (Lipinski definition) is 2. The number of carbonyl (C=O) groups excluding carboxylic acids is 1. The zero-order valence-electron chi connectivity index (χ0n) is 16.3. The third-order valence-corrected chi connectivity index (χ3v) is 5.90. The molecule has 0 unspecified atom stereocenters. The van der Waals surface area contributed by atoms with Crippen LogP contribution >= 0.6 is 11.6 Å². The smallest absolute Gasteiger partial charge is 0.262 e. The molecule has 0 saturated heterocycles. The molecule has 3 aromatic rings. The van der Waals surface area contributed by atoms with E-state index >= 15 is 0 Å². The van der Waals surface area contributed by atoms with Crippen LogP contribution in [0.25, 0.3) is 0 Å². The molecular weight excluding hydrogens is 424 g/mol. The summed E-state index contributed by atoms with van der Waals surface area (Å²) in [7, 11) is -3.75. The van der Waals surface area contributed by atoms with Crippen molar-refractivity contribution in [2.75, 3.05) is 16.6 Å². The van der Waals surface area contributed by atoms with E-state index in [1.165, 1.54) is 29.8 Å². The van der Waals surface area contributed by atoms with Gasteiger partial charge < -0.3 is 10.1 Å². The summed E-state index contributed by atoms with van der Waals surface area (Å²) in [6.45, 7) is 1.91. The van der Waals surface area contributed by atoms with E-state index in [9.17, 15) is 13.2 Å². The highest BCUT2D eigenvalue weighted by molar-refractivity contribution is 7.92. The van der Waals surface area contributed by atoms with E-state index in [0.29, 0.717) is 22.1 Å². The monoisotopic (exact) mass is 444 g/mol. The average molecular weight is 445 g/mol. The van der Waals surface area contributed by atoms with Gasteiger partial charge in [0, 0.05) is 16.4 Å². The highest BCUT2D eigenvalue weighted by atomic mass is 35.5. The van der Waals surface area contributed by atoms with Crippen molar-refractivity contribution < 1.29 is 17.9 Å². The number of aryl methyl sites for hydroxylation is 1. The van der Waals surface area contributed by atoms with Crippen LogP contribution in [0.2, 0.25) is 5.02 Å². The Morgan fingerprint density at radius 3 is 2.10 bits per heavy atom. The maximum Gasteiger partial charge on any atom is 0.262 e. The van der Waals surface area contributed by atoms with E-state index in [1.54, 1.807) is 24.3 Å². The van der Waals surface area contributed by atoms with Gasteiger partial charge in [0.05, 0.1) is 4.90 Å². The number of rotatable bonds is 8. The highest BCUT2D eigenvalue weighted by Crippen LogP contribution is 2.20. The Morgan fingerprint density at radius 1 is 0.900 bits per heavy atom. The van der Waals surface area contributed by atoms with Gasteiger partial charge in [0.1, 0.15) is 5.75 Å². The van der Waals surface area contributed by atoms with Gasteiger partial charge in [-0.2, -0.15) is 0 Å². The van der Waals surface area contributed by atoms with Crippen molar-refractivity contribution in [2.45, 2.75) is 18.2 Å². The fourth-order valence-corrected chi connectivity index (χ4v) is 3.80. The number of benzene rings is 3. The first-order chi connectivity index (χ1) is 14.4. The first-order valence-corrected chi connectivity index (χ1v) is 11.1. The Bertz CT molecular complexity index is 1100. The van der Waals surface area contributed by atoms with Crippen molar-refractivity contribution >= 4 is 38.9 Å². The zero-order chi connectivity index (χ0) is 21.6. The molecule has 3 rings (SSSR count). The van der Waals surface area contributed by atoms with Gasteiger partial charge in [0.2, 0.25) is 0 Å². The van der Waals surface area contributed by atoms with Crippen LogP contribution in [0, 0.1) is 0 Å². The Balaban J connectivity index is 1.56. The second kappa shape index (κ2) is 9.65. The van der Waals surface area contributed by atoms with Crippen LogP contribution in [-0.4, -0.2) is 20.9 Å². The number of nitrogens with one attached hydrogen (secondary N) is 2. The first kappa shape index (κ1) is 21.7. The number of halogens is 1. The summed E-state index contributed by atoms with van der Waals surface area (Å²) >= 11 is 5.81. The van der Waals surface area contributed by atoms with Crippen molar-refractivity contribution in [1.82, 2.24) is 0 Å². The van der Waals surface area contributed by atoms with Crippen molar-refractivity contribution in [3.05, 3.63) is 83.4 Å². The van der Waals surface area contributed by atoms with Crippen molar-refractivity contribution in [3.63, 3.8) is 0 Å². The maximum absolute atomic E-state index is 12.5. The molecule has 3 aromatic carbocycles. The molecule has 1 amide bonds. The van der Waals surface area contributed by atoms with E-state index < -0.39 is 10.0 Å². The lowest BCUT2D eigenvalue weighted by molar-refractivity contribution is -0.118. The van der Waals surface area contributed by atoms with Crippen LogP contribution in [0.1, 0.15) is 12.5 Å². The number of carbonyl (C=O) groups is 1. The lowest BCUT2D eigenvalue weighted by Crippen LogP contribution is -2.20. The van der Waals surface area contributed by atoms with Gasteiger partial charge in [-0.05, 0) is 72.6 Å². The third kappa shape index (κ3) is 5.98. The van der Waals surface area contributed by atoms with E-state index in [1.807, 2.05) is 24.3 Å². The number of amides is 1. The highest BCUT2D eigenvalue weighted by Gasteiger charge is 2.14. The van der Waals surface area contributed by atoms with Gasteiger partial charge in [0.25, 0.3) is 15.9 Å². The summed E-state index contributed by atoms with van der Waals surface area (Å²) in [4.78, 5) is 12.2. The molecule has 0 aromatic heterocycles. The van der Waals surface area contributed by atoms with Crippen LogP contribution in [0.15, 0.2) is 77.7 Å². The minimum Gasteiger partial charge on any atom is -0.484 e. The molecule has 0 heterocycles. The quantitative estimate of drug-likeness (QED) is 0.526. The molecule has 0 atom stereocenters. The molecule has 0 saturated carbocycles. The van der Waals surface area contributed by atoms with Crippen LogP contribution < -0.4 is 14.8 Å². The van der Waals surface area contributed by atoms with Crippen molar-refractivity contribution in [2.24, 2.45) is 0 Å². The number of hydrogen-bond acceptors (Lipinski definition) is 4. The van der Waals surface area contributed by atoms with Gasteiger partial charge in [-0.25, -0.2) is 8.42 Å². The van der Waals surface area contributed by atoms with E-state index in [-0.39, 0.29) is 17.4 Å². The van der Waals surface area contributed by atoms with Gasteiger partial charge in [0.15, 0.2) is 6.61 Å². The Hall–Kier alpha value is -3.03. The fourth-order valence-electron chi connectivity index (χ4n) is 2.62. The molecule has 0 aliphatic rings. The normalized spacial score (nSPS) is 11.0. The van der Waals surface area contributed by atoms with E-state index in [2.05, 4.69) is 17.0 Å². The fraction of sp³-hybridized carbons (Fsp3) is 0.136. The minimum absolute atomic E-state index is 0.0720. The van der Waals surface area contributed by atoms with Gasteiger partial charge in [-0.3, -0.25) is 9.52 Å². The summed E-state index contributed by atoms with van der Waals surface area (Å²) in [5.74, 6) is 0.265. The topological polar surface area (TPSA) is 84.5 Å². The van der Waals surface area contributed by atoms with Crippen LogP contribution in [0.3, 0.4) is 0 Å². The maximum atomic E-state index is 12.5. The van der Waals surface area contributed by atoms with Gasteiger partial charge in [-0.1, -0.05) is 30.7 Å². The van der Waals surface area contributed by atoms with Crippen molar-refractivity contribution in [3.8, 4) is 5.75 Å². The molecule has 0 radical (unpaired) electrons. The Kier molecular flexibility index (Phi) is 6.97. The molecule has 0 aliphatic heterocycles. The molecule has 8 heteroatoms. The standard InChI is InChI=1S/C22H21ClN2O4S/c1-2-16-3-11-20(12-4-16)29-15-22(26)24-18-9-13-21(14-10-18)30(27,28)25-19-7-5-17(23)6-8-19/h3-14,25H,2,15H2,1H3,(H,24,26). The summed E-state index contributed by atoms with van der Waals surface area (Å²) in [5.41, 5.74) is 2.06. The van der Waals surface area contributed by atoms with Gasteiger partial charge >= 0.3 is 0 Å². The number of ether oxygens (including phenoxy) is 1. The molecule has 2 N–H and O–H groups in total. The van der Waals surface area contributed by atoms with Crippen molar-refractivity contribution in [1.29, 1.82) is 0 Å². The number of sulfonamides is 1. The van der Waals surface area contributed by atoms with Crippen LogP contribution in [0.4, 0.5) is 11.4 Å².